The first-order valence-corrected chi connectivity index (χ1v) is 11.4. The van der Waals surface area contributed by atoms with E-state index >= 15 is 0 Å². The van der Waals surface area contributed by atoms with Gasteiger partial charge >= 0.3 is 0 Å². The van der Waals surface area contributed by atoms with Crippen LogP contribution in [0.4, 0.5) is 5.69 Å². The monoisotopic (exact) mass is 462 g/mol. The number of ether oxygens (including phenoxy) is 1. The first-order valence-electron chi connectivity index (χ1n) is 11.4. The van der Waals surface area contributed by atoms with Crippen LogP contribution in [0.1, 0.15) is 39.1 Å². The van der Waals surface area contributed by atoms with Gasteiger partial charge in [0.2, 0.25) is 11.8 Å². The van der Waals surface area contributed by atoms with Gasteiger partial charge in [-0.1, -0.05) is 18.2 Å². The first kappa shape index (κ1) is 22.1. The van der Waals surface area contributed by atoms with Gasteiger partial charge < -0.3 is 9.64 Å². The Kier molecular flexibility index (Phi) is 5.79. The fourth-order valence-corrected chi connectivity index (χ4v) is 4.91. The number of nitrogens with one attached hydrogen (secondary N) is 1. The highest BCUT2D eigenvalue weighted by Gasteiger charge is 2.44. The van der Waals surface area contributed by atoms with Crippen molar-refractivity contribution in [2.45, 2.75) is 25.4 Å². The van der Waals surface area contributed by atoms with Crippen molar-refractivity contribution in [2.24, 2.45) is 0 Å². The van der Waals surface area contributed by atoms with E-state index in [-0.39, 0.29) is 18.7 Å². The van der Waals surface area contributed by atoms with Gasteiger partial charge in [-0.25, -0.2) is 0 Å². The van der Waals surface area contributed by atoms with Crippen molar-refractivity contribution < 1.29 is 23.9 Å². The quantitative estimate of drug-likeness (QED) is 0.671. The zero-order valence-electron chi connectivity index (χ0n) is 19.0. The largest absolute Gasteiger partial charge is 0.495 e. The average molecular weight is 463 g/mol. The van der Waals surface area contributed by atoms with Crippen molar-refractivity contribution in [2.75, 3.05) is 38.2 Å². The molecular weight excluding hydrogens is 436 g/mol. The normalized spacial score (nSPS) is 21.0. The van der Waals surface area contributed by atoms with E-state index in [9.17, 15) is 19.2 Å². The zero-order chi connectivity index (χ0) is 23.8. The number of hydrogen-bond acceptors (Lipinski definition) is 7. The van der Waals surface area contributed by atoms with Crippen LogP contribution in [-0.4, -0.2) is 72.8 Å². The number of benzene rings is 2. The Labute approximate surface area is 197 Å². The molecule has 9 heteroatoms. The van der Waals surface area contributed by atoms with E-state index in [4.69, 9.17) is 4.74 Å². The number of fused-ring (bicyclic) bond motifs is 1. The van der Waals surface area contributed by atoms with E-state index in [1.54, 1.807) is 19.2 Å². The minimum Gasteiger partial charge on any atom is -0.495 e. The molecule has 0 aromatic heterocycles. The van der Waals surface area contributed by atoms with Crippen LogP contribution in [0.25, 0.3) is 0 Å². The third-order valence-electron chi connectivity index (χ3n) is 6.71. The summed E-state index contributed by atoms with van der Waals surface area (Å²) in [6, 6.07) is 12.3. The zero-order valence-corrected chi connectivity index (χ0v) is 19.0. The van der Waals surface area contributed by atoms with Crippen molar-refractivity contribution >= 4 is 29.3 Å². The molecule has 5 rings (SSSR count). The number of anilines is 1. The predicted molar refractivity (Wildman–Crippen MR) is 124 cm³/mol. The summed E-state index contributed by atoms with van der Waals surface area (Å²) < 4.78 is 5.49. The van der Waals surface area contributed by atoms with Crippen LogP contribution in [0.15, 0.2) is 42.5 Å². The van der Waals surface area contributed by atoms with Gasteiger partial charge in [-0.2, -0.15) is 0 Å². The molecule has 3 aliphatic heterocycles. The molecule has 0 spiro atoms. The maximum Gasteiger partial charge on any atom is 0.262 e. The maximum atomic E-state index is 13.0. The lowest BCUT2D eigenvalue weighted by Crippen LogP contribution is -2.54. The van der Waals surface area contributed by atoms with Crippen molar-refractivity contribution in [1.82, 2.24) is 15.1 Å². The second kappa shape index (κ2) is 8.90. The number of rotatable bonds is 5. The van der Waals surface area contributed by atoms with Gasteiger partial charge in [-0.05, 0) is 36.2 Å². The summed E-state index contributed by atoms with van der Waals surface area (Å²) >= 11 is 0. The number of para-hydroxylation sites is 2. The number of piperazine rings is 1. The standard InChI is InChI=1S/C25H26N4O5/c1-34-21-5-3-2-4-19(21)28-12-10-27(11-13-28)15-16-6-7-17-18(14-16)25(33)29(24(17)32)20-8-9-22(30)26-23(20)31/h2-7,14,20H,8-13,15H2,1H3,(H,26,30,31). The van der Waals surface area contributed by atoms with Gasteiger partial charge in [0.1, 0.15) is 11.8 Å². The smallest absolute Gasteiger partial charge is 0.262 e. The minimum absolute atomic E-state index is 0.107. The molecule has 2 fully saturated rings. The van der Waals surface area contributed by atoms with Crippen molar-refractivity contribution in [3.63, 3.8) is 0 Å². The van der Waals surface area contributed by atoms with Crippen LogP contribution in [0, 0.1) is 0 Å². The van der Waals surface area contributed by atoms with Crippen LogP contribution < -0.4 is 15.0 Å². The molecular formula is C25H26N4O5. The molecule has 3 heterocycles. The lowest BCUT2D eigenvalue weighted by molar-refractivity contribution is -0.136. The number of hydrogen-bond donors (Lipinski definition) is 1. The number of imide groups is 2. The summed E-state index contributed by atoms with van der Waals surface area (Å²) in [4.78, 5) is 55.2. The maximum absolute atomic E-state index is 13.0. The van der Waals surface area contributed by atoms with Crippen molar-refractivity contribution in [1.29, 1.82) is 0 Å². The van der Waals surface area contributed by atoms with Gasteiger partial charge in [-0.15, -0.1) is 0 Å². The second-order valence-corrected chi connectivity index (χ2v) is 8.76. The molecule has 1 unspecified atom stereocenters. The topological polar surface area (TPSA) is 99.3 Å². The average Bonchev–Trinajstić information content (AvgIpc) is 3.09. The van der Waals surface area contributed by atoms with Gasteiger partial charge in [-0.3, -0.25) is 34.3 Å². The number of methoxy groups -OCH3 is 1. The number of amides is 4. The van der Waals surface area contributed by atoms with Crippen LogP contribution in [0.5, 0.6) is 5.75 Å². The highest BCUT2D eigenvalue weighted by atomic mass is 16.5. The molecule has 2 saturated heterocycles. The molecule has 0 radical (unpaired) electrons. The highest BCUT2D eigenvalue weighted by molar-refractivity contribution is 6.23. The molecule has 176 valence electrons. The summed E-state index contributed by atoms with van der Waals surface area (Å²) in [5.74, 6) is -1.08. The Bertz CT molecular complexity index is 1170. The first-order chi connectivity index (χ1) is 16.5. The predicted octanol–water partition coefficient (Wildman–Crippen LogP) is 1.42. The molecule has 0 aliphatic carbocycles. The Morgan fingerprint density at radius 3 is 2.41 bits per heavy atom. The molecule has 1 atom stereocenters. The molecule has 34 heavy (non-hydrogen) atoms. The molecule has 1 N–H and O–H groups in total. The number of carbonyl (C=O) groups is 4. The van der Waals surface area contributed by atoms with Crippen LogP contribution in [0.2, 0.25) is 0 Å². The Morgan fingerprint density at radius 2 is 1.68 bits per heavy atom. The third kappa shape index (κ3) is 3.92. The van der Waals surface area contributed by atoms with Crippen molar-refractivity contribution in [3.05, 3.63) is 59.2 Å². The van der Waals surface area contributed by atoms with Gasteiger partial charge in [0, 0.05) is 39.1 Å². The summed E-state index contributed by atoms with van der Waals surface area (Å²) in [7, 11) is 1.68. The molecule has 0 bridgehead atoms. The van der Waals surface area contributed by atoms with Crippen LogP contribution in [-0.2, 0) is 16.1 Å². The molecule has 3 aliphatic rings. The van der Waals surface area contributed by atoms with Gasteiger partial charge in [0.15, 0.2) is 0 Å². The Morgan fingerprint density at radius 1 is 0.941 bits per heavy atom. The van der Waals surface area contributed by atoms with Crippen molar-refractivity contribution in [3.8, 4) is 5.75 Å². The number of nitrogens with zero attached hydrogens (tertiary/aromatic N) is 3. The lowest BCUT2D eigenvalue weighted by atomic mass is 10.0. The van der Waals surface area contributed by atoms with E-state index in [0.717, 1.165) is 48.1 Å². The van der Waals surface area contributed by atoms with E-state index in [2.05, 4.69) is 21.2 Å². The van der Waals surface area contributed by atoms with E-state index in [1.165, 1.54) is 0 Å². The fraction of sp³-hybridized carbons (Fsp3) is 0.360. The summed E-state index contributed by atoms with van der Waals surface area (Å²) in [6.07, 6.45) is 0.259. The number of carbonyl (C=O) groups excluding carboxylic acids is 4. The molecule has 4 amide bonds. The molecule has 2 aromatic carbocycles. The second-order valence-electron chi connectivity index (χ2n) is 8.76. The summed E-state index contributed by atoms with van der Waals surface area (Å²) in [6.45, 7) is 4.07. The lowest BCUT2D eigenvalue weighted by Gasteiger charge is -2.36. The summed E-state index contributed by atoms with van der Waals surface area (Å²) in [5.41, 5.74) is 2.65. The third-order valence-corrected chi connectivity index (χ3v) is 6.71. The van der Waals surface area contributed by atoms with Gasteiger partial charge in [0.25, 0.3) is 11.8 Å². The Balaban J connectivity index is 1.26. The highest BCUT2D eigenvalue weighted by Crippen LogP contribution is 2.30. The van der Waals surface area contributed by atoms with Crippen LogP contribution >= 0.6 is 0 Å². The summed E-state index contributed by atoms with van der Waals surface area (Å²) in [5, 5.41) is 2.22. The van der Waals surface area contributed by atoms with Crippen LogP contribution in [0.3, 0.4) is 0 Å². The molecule has 2 aromatic rings. The van der Waals surface area contributed by atoms with E-state index < -0.39 is 23.8 Å². The molecule has 9 nitrogen and oxygen atoms in total. The Hall–Kier alpha value is -3.72. The van der Waals surface area contributed by atoms with Gasteiger partial charge in [0.05, 0.1) is 23.9 Å². The fourth-order valence-electron chi connectivity index (χ4n) is 4.91. The van der Waals surface area contributed by atoms with E-state index in [1.807, 2.05) is 24.3 Å². The minimum atomic E-state index is -0.948. The van der Waals surface area contributed by atoms with E-state index in [0.29, 0.717) is 17.7 Å². The number of piperidine rings is 1. The molecule has 0 saturated carbocycles. The SMILES string of the molecule is COc1ccccc1N1CCN(Cc2ccc3c(c2)C(=O)N(C2CCC(=O)NC2=O)C3=O)CC1.